The Morgan fingerprint density at radius 2 is 2.05 bits per heavy atom. The van der Waals surface area contributed by atoms with Crippen LogP contribution in [0.1, 0.15) is 45.1 Å². The smallest absolute Gasteiger partial charge is 0.179 e. The molecule has 1 N–H and O–H groups in total. The molecule has 0 saturated heterocycles. The first-order valence-corrected chi connectivity index (χ1v) is 7.90. The zero-order valence-corrected chi connectivity index (χ0v) is 13.1. The fourth-order valence-electron chi connectivity index (χ4n) is 2.36. The van der Waals surface area contributed by atoms with Gasteiger partial charge in [0.25, 0.3) is 0 Å². The fourth-order valence-corrected chi connectivity index (χ4v) is 2.65. The van der Waals surface area contributed by atoms with Gasteiger partial charge in [-0.1, -0.05) is 37.8 Å². The van der Waals surface area contributed by atoms with Gasteiger partial charge in [0.15, 0.2) is 11.5 Å². The van der Waals surface area contributed by atoms with Gasteiger partial charge in [0.05, 0.1) is 5.02 Å². The zero-order chi connectivity index (χ0) is 14.4. The zero-order valence-electron chi connectivity index (χ0n) is 12.4. The van der Waals surface area contributed by atoms with Crippen LogP contribution in [0.15, 0.2) is 12.1 Å². The summed E-state index contributed by atoms with van der Waals surface area (Å²) >= 11 is 6.23. The number of hydrogen-bond acceptors (Lipinski definition) is 3. The maximum atomic E-state index is 6.23. The van der Waals surface area contributed by atoms with E-state index < -0.39 is 0 Å². The topological polar surface area (TPSA) is 30.5 Å². The van der Waals surface area contributed by atoms with Crippen molar-refractivity contribution in [1.82, 2.24) is 5.32 Å². The minimum absolute atomic E-state index is 0.522. The third kappa shape index (κ3) is 4.29. The summed E-state index contributed by atoms with van der Waals surface area (Å²) in [6.45, 7) is 6.43. The van der Waals surface area contributed by atoms with Crippen LogP contribution in [0, 0.1) is 0 Å². The van der Waals surface area contributed by atoms with Crippen molar-refractivity contribution in [1.29, 1.82) is 0 Å². The second kappa shape index (κ2) is 7.75. The predicted octanol–water partition coefficient (Wildman–Crippen LogP) is 4.17. The second-order valence-electron chi connectivity index (χ2n) is 5.38. The summed E-state index contributed by atoms with van der Waals surface area (Å²) in [4.78, 5) is 0. The maximum absolute atomic E-state index is 6.23. The van der Waals surface area contributed by atoms with Crippen LogP contribution >= 0.6 is 11.6 Å². The van der Waals surface area contributed by atoms with Crippen molar-refractivity contribution in [3.05, 3.63) is 22.7 Å². The van der Waals surface area contributed by atoms with Gasteiger partial charge in [-0.25, -0.2) is 0 Å². The van der Waals surface area contributed by atoms with Crippen molar-refractivity contribution >= 4 is 11.6 Å². The molecule has 0 spiro atoms. The molecule has 1 atom stereocenters. The lowest BCUT2D eigenvalue weighted by Crippen LogP contribution is -2.25. The Bertz CT molecular complexity index is 437. The van der Waals surface area contributed by atoms with Gasteiger partial charge < -0.3 is 14.8 Å². The summed E-state index contributed by atoms with van der Waals surface area (Å²) < 4.78 is 11.1. The predicted molar refractivity (Wildman–Crippen MR) is 82.9 cm³/mol. The molecule has 1 aliphatic heterocycles. The normalized spacial score (nSPS) is 15.2. The Balaban J connectivity index is 1.88. The molecule has 0 aromatic heterocycles. The van der Waals surface area contributed by atoms with Crippen LogP contribution in [-0.4, -0.2) is 19.3 Å². The molecule has 1 aliphatic rings. The number of nitrogens with one attached hydrogen (secondary N) is 1. The molecule has 1 aromatic rings. The Hall–Kier alpha value is -0.930. The van der Waals surface area contributed by atoms with Crippen molar-refractivity contribution in [3.63, 3.8) is 0 Å². The monoisotopic (exact) mass is 297 g/mol. The molecular weight excluding hydrogens is 274 g/mol. The minimum Gasteiger partial charge on any atom is -0.486 e. The summed E-state index contributed by atoms with van der Waals surface area (Å²) in [5.41, 5.74) is 1.14. The first-order chi connectivity index (χ1) is 9.70. The first-order valence-electron chi connectivity index (χ1n) is 7.52. The molecule has 0 saturated carbocycles. The van der Waals surface area contributed by atoms with Crippen molar-refractivity contribution in [2.75, 3.05) is 13.2 Å². The third-order valence-corrected chi connectivity index (χ3v) is 3.83. The van der Waals surface area contributed by atoms with Crippen LogP contribution in [0.5, 0.6) is 11.5 Å². The third-order valence-electron chi connectivity index (χ3n) is 3.55. The summed E-state index contributed by atoms with van der Waals surface area (Å²) in [5.74, 6) is 1.44. The molecule has 0 fully saturated rings. The summed E-state index contributed by atoms with van der Waals surface area (Å²) in [5, 5.41) is 4.17. The van der Waals surface area contributed by atoms with Gasteiger partial charge in [-0.3, -0.25) is 0 Å². The summed E-state index contributed by atoms with van der Waals surface area (Å²) in [6, 6.07) is 4.50. The van der Waals surface area contributed by atoms with Crippen LogP contribution in [-0.2, 0) is 6.54 Å². The molecule has 1 heterocycles. The van der Waals surface area contributed by atoms with Crippen molar-refractivity contribution < 1.29 is 9.47 Å². The van der Waals surface area contributed by atoms with E-state index in [1.54, 1.807) is 0 Å². The van der Waals surface area contributed by atoms with Crippen molar-refractivity contribution in [3.8, 4) is 11.5 Å². The summed E-state index contributed by atoms with van der Waals surface area (Å²) in [7, 11) is 0. The molecule has 0 aliphatic carbocycles. The van der Waals surface area contributed by atoms with E-state index in [-0.39, 0.29) is 0 Å². The minimum atomic E-state index is 0.522. The molecule has 0 radical (unpaired) electrons. The number of benzene rings is 1. The molecule has 20 heavy (non-hydrogen) atoms. The largest absolute Gasteiger partial charge is 0.486 e. The van der Waals surface area contributed by atoms with Gasteiger partial charge in [-0.05, 0) is 31.0 Å². The van der Waals surface area contributed by atoms with Gasteiger partial charge in [-0.15, -0.1) is 0 Å². The Kier molecular flexibility index (Phi) is 5.99. The Morgan fingerprint density at radius 3 is 2.85 bits per heavy atom. The number of unbranched alkanes of at least 4 members (excludes halogenated alkanes) is 2. The molecular formula is C16H24ClNO2. The van der Waals surface area contributed by atoms with Crippen LogP contribution in [0.25, 0.3) is 0 Å². The fraction of sp³-hybridized carbons (Fsp3) is 0.625. The van der Waals surface area contributed by atoms with E-state index in [9.17, 15) is 0 Å². The van der Waals surface area contributed by atoms with E-state index in [1.165, 1.54) is 25.7 Å². The highest BCUT2D eigenvalue weighted by atomic mass is 35.5. The van der Waals surface area contributed by atoms with Gasteiger partial charge in [0.2, 0.25) is 0 Å². The van der Waals surface area contributed by atoms with Gasteiger partial charge >= 0.3 is 0 Å². The number of ether oxygens (including phenoxy) is 2. The van der Waals surface area contributed by atoms with E-state index in [0.717, 1.165) is 17.9 Å². The Morgan fingerprint density at radius 1 is 1.25 bits per heavy atom. The van der Waals surface area contributed by atoms with Crippen LogP contribution < -0.4 is 14.8 Å². The standard InChI is InChI=1S/C16H24ClNO2/c1-3-4-5-6-12(2)18-11-13-9-14(17)16-15(10-13)19-7-8-20-16/h9-10,12,18H,3-8,11H2,1-2H3. The first kappa shape index (κ1) is 15.5. The molecule has 1 unspecified atom stereocenters. The molecule has 4 heteroatoms. The van der Waals surface area contributed by atoms with E-state index in [1.807, 2.05) is 12.1 Å². The van der Waals surface area contributed by atoms with Crippen LogP contribution in [0.2, 0.25) is 5.02 Å². The molecule has 0 amide bonds. The second-order valence-corrected chi connectivity index (χ2v) is 5.79. The number of halogens is 1. The lowest BCUT2D eigenvalue weighted by Gasteiger charge is -2.21. The van der Waals surface area contributed by atoms with E-state index in [2.05, 4.69) is 19.2 Å². The van der Waals surface area contributed by atoms with Crippen molar-refractivity contribution in [2.45, 2.75) is 52.1 Å². The molecule has 1 aromatic carbocycles. The quantitative estimate of drug-likeness (QED) is 0.766. The van der Waals surface area contributed by atoms with E-state index >= 15 is 0 Å². The van der Waals surface area contributed by atoms with Gasteiger partial charge in [0.1, 0.15) is 13.2 Å². The highest BCUT2D eigenvalue weighted by molar-refractivity contribution is 6.32. The van der Waals surface area contributed by atoms with E-state index in [4.69, 9.17) is 21.1 Å². The van der Waals surface area contributed by atoms with Crippen molar-refractivity contribution in [2.24, 2.45) is 0 Å². The van der Waals surface area contributed by atoms with Gasteiger partial charge in [0, 0.05) is 12.6 Å². The Labute approximate surface area is 126 Å². The highest BCUT2D eigenvalue weighted by Gasteiger charge is 2.16. The lowest BCUT2D eigenvalue weighted by atomic mass is 10.1. The van der Waals surface area contributed by atoms with Crippen LogP contribution in [0.3, 0.4) is 0 Å². The molecule has 0 bridgehead atoms. The molecule has 3 nitrogen and oxygen atoms in total. The average molecular weight is 298 g/mol. The summed E-state index contributed by atoms with van der Waals surface area (Å²) in [6.07, 6.45) is 5.07. The maximum Gasteiger partial charge on any atom is 0.179 e. The van der Waals surface area contributed by atoms with E-state index in [0.29, 0.717) is 30.0 Å². The number of fused-ring (bicyclic) bond motifs is 1. The van der Waals surface area contributed by atoms with Gasteiger partial charge in [-0.2, -0.15) is 0 Å². The van der Waals surface area contributed by atoms with Crippen LogP contribution in [0.4, 0.5) is 0 Å². The number of hydrogen-bond donors (Lipinski definition) is 1. The lowest BCUT2D eigenvalue weighted by molar-refractivity contribution is 0.171. The average Bonchev–Trinajstić information content (AvgIpc) is 2.45. The SMILES string of the molecule is CCCCCC(C)NCc1cc(Cl)c2c(c1)OCCO2. The highest BCUT2D eigenvalue weighted by Crippen LogP contribution is 2.38. The molecule has 112 valence electrons. The number of rotatable bonds is 7. The molecule has 2 rings (SSSR count).